The third kappa shape index (κ3) is 1.95. The second-order valence-corrected chi connectivity index (χ2v) is 5.98. The average molecular weight is 259 g/mol. The van der Waals surface area contributed by atoms with Crippen molar-refractivity contribution >= 4 is 11.3 Å². The molecule has 0 aliphatic heterocycles. The zero-order chi connectivity index (χ0) is 12.6. The Morgan fingerprint density at radius 3 is 2.89 bits per heavy atom. The molecule has 0 bridgehead atoms. The van der Waals surface area contributed by atoms with Crippen molar-refractivity contribution in [2.75, 3.05) is 13.6 Å². The zero-order valence-corrected chi connectivity index (χ0v) is 11.5. The van der Waals surface area contributed by atoms with Gasteiger partial charge in [-0.2, -0.15) is 0 Å². The van der Waals surface area contributed by atoms with Gasteiger partial charge in [0.05, 0.1) is 5.69 Å². The Balaban J connectivity index is 1.97. The number of aryl methyl sites for hydroxylation is 1. The van der Waals surface area contributed by atoms with Gasteiger partial charge in [0.15, 0.2) is 0 Å². The van der Waals surface area contributed by atoms with E-state index in [1.807, 2.05) is 30.6 Å². The van der Waals surface area contributed by atoms with E-state index in [-0.39, 0.29) is 0 Å². The maximum atomic E-state index is 4.72. The molecule has 2 aromatic rings. The van der Waals surface area contributed by atoms with Crippen molar-refractivity contribution in [2.24, 2.45) is 0 Å². The zero-order valence-electron chi connectivity index (χ0n) is 10.7. The minimum atomic E-state index is 0.358. The van der Waals surface area contributed by atoms with Crippen LogP contribution in [0.1, 0.15) is 23.4 Å². The normalized spacial score (nSPS) is 16.8. The average Bonchev–Trinajstić information content (AvgIpc) is 3.06. The van der Waals surface area contributed by atoms with Crippen LogP contribution in [0, 0.1) is 6.92 Å². The Morgan fingerprint density at radius 1 is 1.44 bits per heavy atom. The molecule has 1 N–H and O–H groups in total. The van der Waals surface area contributed by atoms with E-state index in [9.17, 15) is 0 Å². The number of pyridine rings is 1. The standard InChI is InChI=1S/C14H17N3S/c1-10-12(14(5-6-14)9-15-2)18-13(17-10)11-4-3-7-16-8-11/h3-4,7-8,15H,5-6,9H2,1-2H3. The predicted octanol–water partition coefficient (Wildman–Crippen LogP) is 2.76. The van der Waals surface area contributed by atoms with Gasteiger partial charge in [-0.15, -0.1) is 11.3 Å². The molecular weight excluding hydrogens is 242 g/mol. The van der Waals surface area contributed by atoms with Gasteiger partial charge in [-0.3, -0.25) is 4.98 Å². The molecule has 18 heavy (non-hydrogen) atoms. The lowest BCUT2D eigenvalue weighted by molar-refractivity contribution is 0.630. The van der Waals surface area contributed by atoms with Crippen molar-refractivity contribution in [1.29, 1.82) is 0 Å². The number of nitrogens with zero attached hydrogens (tertiary/aromatic N) is 2. The number of rotatable bonds is 4. The van der Waals surface area contributed by atoms with Gasteiger partial charge < -0.3 is 5.32 Å². The molecule has 1 aliphatic carbocycles. The van der Waals surface area contributed by atoms with E-state index < -0.39 is 0 Å². The molecule has 94 valence electrons. The van der Waals surface area contributed by atoms with Crippen molar-refractivity contribution in [3.8, 4) is 10.6 Å². The van der Waals surface area contributed by atoms with Crippen LogP contribution in [0.15, 0.2) is 24.5 Å². The Labute approximate surface area is 111 Å². The molecular formula is C14H17N3S. The summed E-state index contributed by atoms with van der Waals surface area (Å²) in [6, 6.07) is 4.04. The van der Waals surface area contributed by atoms with Crippen LogP contribution in [0.25, 0.3) is 10.6 Å². The van der Waals surface area contributed by atoms with E-state index in [0.717, 1.165) is 17.1 Å². The van der Waals surface area contributed by atoms with E-state index in [0.29, 0.717) is 5.41 Å². The van der Waals surface area contributed by atoms with Crippen LogP contribution in [-0.2, 0) is 5.41 Å². The minimum absolute atomic E-state index is 0.358. The summed E-state index contributed by atoms with van der Waals surface area (Å²) in [6.07, 6.45) is 6.25. The maximum Gasteiger partial charge on any atom is 0.125 e. The van der Waals surface area contributed by atoms with Gasteiger partial charge >= 0.3 is 0 Å². The molecule has 0 spiro atoms. The van der Waals surface area contributed by atoms with Crippen molar-refractivity contribution in [3.63, 3.8) is 0 Å². The summed E-state index contributed by atoms with van der Waals surface area (Å²) in [6.45, 7) is 3.18. The van der Waals surface area contributed by atoms with Gasteiger partial charge in [0.2, 0.25) is 0 Å². The van der Waals surface area contributed by atoms with E-state index in [1.165, 1.54) is 23.4 Å². The van der Waals surface area contributed by atoms with Gasteiger partial charge in [-0.1, -0.05) is 0 Å². The summed E-state index contributed by atoms with van der Waals surface area (Å²) in [4.78, 5) is 10.3. The van der Waals surface area contributed by atoms with Gasteiger partial charge in [0.1, 0.15) is 5.01 Å². The molecule has 2 heterocycles. The quantitative estimate of drug-likeness (QED) is 0.917. The molecule has 1 aliphatic rings. The molecule has 0 amide bonds. The first-order chi connectivity index (χ1) is 8.75. The largest absolute Gasteiger partial charge is 0.319 e. The molecule has 0 atom stereocenters. The molecule has 3 nitrogen and oxygen atoms in total. The molecule has 0 radical (unpaired) electrons. The van der Waals surface area contributed by atoms with Crippen LogP contribution in [-0.4, -0.2) is 23.6 Å². The van der Waals surface area contributed by atoms with Crippen LogP contribution in [0.2, 0.25) is 0 Å². The summed E-state index contributed by atoms with van der Waals surface area (Å²) in [5, 5.41) is 4.41. The number of hydrogen-bond donors (Lipinski definition) is 1. The van der Waals surface area contributed by atoms with Crippen molar-refractivity contribution in [1.82, 2.24) is 15.3 Å². The highest BCUT2D eigenvalue weighted by Crippen LogP contribution is 2.51. The van der Waals surface area contributed by atoms with Crippen LogP contribution >= 0.6 is 11.3 Å². The van der Waals surface area contributed by atoms with Crippen LogP contribution in [0.4, 0.5) is 0 Å². The Kier molecular flexibility index (Phi) is 2.92. The number of thiazole rings is 1. The Bertz CT molecular complexity index is 543. The van der Waals surface area contributed by atoms with E-state index in [2.05, 4.69) is 23.3 Å². The molecule has 4 heteroatoms. The lowest BCUT2D eigenvalue weighted by Crippen LogP contribution is -2.23. The number of aromatic nitrogens is 2. The van der Waals surface area contributed by atoms with Crippen LogP contribution < -0.4 is 5.32 Å². The van der Waals surface area contributed by atoms with Crippen LogP contribution in [0.5, 0.6) is 0 Å². The highest BCUT2D eigenvalue weighted by Gasteiger charge is 2.46. The van der Waals surface area contributed by atoms with Crippen molar-refractivity contribution in [3.05, 3.63) is 35.1 Å². The monoisotopic (exact) mass is 259 g/mol. The van der Waals surface area contributed by atoms with E-state index >= 15 is 0 Å². The minimum Gasteiger partial charge on any atom is -0.319 e. The number of nitrogens with one attached hydrogen (secondary N) is 1. The molecule has 2 aromatic heterocycles. The fourth-order valence-corrected chi connectivity index (χ4v) is 3.78. The topological polar surface area (TPSA) is 37.8 Å². The summed E-state index contributed by atoms with van der Waals surface area (Å²) in [5.41, 5.74) is 2.67. The Hall–Kier alpha value is -1.26. The summed E-state index contributed by atoms with van der Waals surface area (Å²) < 4.78 is 0. The lowest BCUT2D eigenvalue weighted by Gasteiger charge is -2.12. The van der Waals surface area contributed by atoms with Crippen molar-refractivity contribution < 1.29 is 0 Å². The fraction of sp³-hybridized carbons (Fsp3) is 0.429. The van der Waals surface area contributed by atoms with Gasteiger partial charge in [-0.05, 0) is 38.9 Å². The maximum absolute atomic E-state index is 4.72. The predicted molar refractivity (Wildman–Crippen MR) is 74.9 cm³/mol. The smallest absolute Gasteiger partial charge is 0.125 e. The van der Waals surface area contributed by atoms with Gasteiger partial charge in [0, 0.05) is 34.8 Å². The first-order valence-electron chi connectivity index (χ1n) is 6.28. The second-order valence-electron chi connectivity index (χ2n) is 4.99. The van der Waals surface area contributed by atoms with Crippen molar-refractivity contribution in [2.45, 2.75) is 25.2 Å². The first-order valence-corrected chi connectivity index (χ1v) is 7.10. The molecule has 0 unspecified atom stereocenters. The number of likely N-dealkylation sites (N-methyl/N-ethyl adjacent to an activating group) is 1. The SMILES string of the molecule is CNCC1(c2sc(-c3cccnc3)nc2C)CC1. The highest BCUT2D eigenvalue weighted by molar-refractivity contribution is 7.15. The van der Waals surface area contributed by atoms with Gasteiger partial charge in [0.25, 0.3) is 0 Å². The molecule has 3 rings (SSSR count). The van der Waals surface area contributed by atoms with Gasteiger partial charge in [-0.25, -0.2) is 4.98 Å². The fourth-order valence-electron chi connectivity index (χ4n) is 2.47. The highest BCUT2D eigenvalue weighted by atomic mass is 32.1. The van der Waals surface area contributed by atoms with E-state index in [1.54, 1.807) is 6.20 Å². The molecule has 0 saturated heterocycles. The summed E-state index contributed by atoms with van der Waals surface area (Å²) in [5.74, 6) is 0. The van der Waals surface area contributed by atoms with Crippen LogP contribution in [0.3, 0.4) is 0 Å². The number of hydrogen-bond acceptors (Lipinski definition) is 4. The lowest BCUT2D eigenvalue weighted by atomic mass is 10.0. The first kappa shape index (κ1) is 11.8. The molecule has 0 aromatic carbocycles. The second kappa shape index (κ2) is 4.44. The third-order valence-corrected chi connectivity index (χ3v) is 5.01. The Morgan fingerprint density at radius 2 is 2.28 bits per heavy atom. The summed E-state index contributed by atoms with van der Waals surface area (Å²) >= 11 is 1.83. The third-order valence-electron chi connectivity index (χ3n) is 3.56. The van der Waals surface area contributed by atoms with E-state index in [4.69, 9.17) is 4.98 Å². The molecule has 1 fully saturated rings. The summed E-state index contributed by atoms with van der Waals surface area (Å²) in [7, 11) is 2.03. The molecule has 1 saturated carbocycles.